The Morgan fingerprint density at radius 1 is 0.417 bits per heavy atom. The van der Waals surface area contributed by atoms with Crippen molar-refractivity contribution < 1.29 is 9.05 Å². The van der Waals surface area contributed by atoms with Crippen LogP contribution in [-0.4, -0.2) is 45.0 Å². The SMILES string of the molecule is CCCCCCCCCCCCCCCCCCOP(=S)(OCCCCCCCCCCCCCCCCCC)N(C)CC[As+](C)(C)C. The monoisotopic (exact) mass is 779 g/mol. The van der Waals surface area contributed by atoms with E-state index >= 15 is 0 Å². The van der Waals surface area contributed by atoms with Crippen molar-refractivity contribution in [3.8, 4) is 0 Å². The van der Waals surface area contributed by atoms with E-state index in [0.717, 1.165) is 32.6 Å². The van der Waals surface area contributed by atoms with Crippen LogP contribution in [0, 0.1) is 0 Å². The van der Waals surface area contributed by atoms with Crippen LogP contribution in [0.2, 0.25) is 22.3 Å². The zero-order valence-electron chi connectivity index (χ0n) is 34.0. The van der Waals surface area contributed by atoms with E-state index in [1.54, 1.807) is 0 Å². The molecule has 0 saturated heterocycles. The first kappa shape index (κ1) is 49.1. The van der Waals surface area contributed by atoms with E-state index in [0.29, 0.717) is 0 Å². The van der Waals surface area contributed by atoms with Crippen molar-refractivity contribution in [1.82, 2.24) is 4.67 Å². The van der Waals surface area contributed by atoms with Gasteiger partial charge in [0.05, 0.1) is 0 Å². The number of hydrogen-bond acceptors (Lipinski definition) is 3. The molecule has 0 spiro atoms. The van der Waals surface area contributed by atoms with Crippen LogP contribution in [0.4, 0.5) is 0 Å². The maximum atomic E-state index is 6.45. The van der Waals surface area contributed by atoms with Gasteiger partial charge in [-0.05, 0) is 0 Å². The van der Waals surface area contributed by atoms with Crippen LogP contribution in [-0.2, 0) is 20.9 Å². The van der Waals surface area contributed by atoms with Crippen molar-refractivity contribution in [3.05, 3.63) is 0 Å². The molecule has 0 aliphatic carbocycles. The summed E-state index contributed by atoms with van der Waals surface area (Å²) >= 11 is 4.67. The molecule has 6 heteroatoms. The molecule has 0 atom stereocenters. The second-order valence-corrected chi connectivity index (χ2v) is 30.2. The zero-order valence-corrected chi connectivity index (χ0v) is 37.6. The molecule has 48 heavy (non-hydrogen) atoms. The third-order valence-electron chi connectivity index (χ3n) is 10.0. The Morgan fingerprint density at radius 3 is 0.875 bits per heavy atom. The molecule has 0 amide bonds. The first-order chi connectivity index (χ1) is 23.2. The Morgan fingerprint density at radius 2 is 0.646 bits per heavy atom. The quantitative estimate of drug-likeness (QED) is 0.0351. The van der Waals surface area contributed by atoms with Crippen LogP contribution in [0.3, 0.4) is 0 Å². The molecule has 0 heterocycles. The van der Waals surface area contributed by atoms with E-state index in [2.05, 4.69) is 42.7 Å². The van der Waals surface area contributed by atoms with Crippen LogP contribution in [0.5, 0.6) is 0 Å². The van der Waals surface area contributed by atoms with Gasteiger partial charge in [-0.25, -0.2) is 0 Å². The fraction of sp³-hybridized carbons (Fsp3) is 1.00. The second-order valence-electron chi connectivity index (χ2n) is 16.1. The van der Waals surface area contributed by atoms with E-state index in [1.165, 1.54) is 198 Å². The van der Waals surface area contributed by atoms with Crippen molar-refractivity contribution in [3.63, 3.8) is 0 Å². The summed E-state index contributed by atoms with van der Waals surface area (Å²) in [6.07, 6.45) is 44.5. The Hall–Kier alpha value is 1.09. The Balaban J connectivity index is 3.95. The van der Waals surface area contributed by atoms with E-state index in [-0.39, 0.29) is 0 Å². The first-order valence-electron chi connectivity index (χ1n) is 21.7. The van der Waals surface area contributed by atoms with Crippen molar-refractivity contribution >= 4 is 32.0 Å². The molecule has 290 valence electrons. The van der Waals surface area contributed by atoms with Gasteiger partial charge in [-0.1, -0.05) is 142 Å². The van der Waals surface area contributed by atoms with Gasteiger partial charge >= 0.3 is 172 Å². The summed E-state index contributed by atoms with van der Waals surface area (Å²) in [4.78, 5) is 0. The predicted molar refractivity (Wildman–Crippen MR) is 226 cm³/mol. The first-order valence-corrected chi connectivity index (χ1v) is 31.2. The van der Waals surface area contributed by atoms with Crippen LogP contribution in [0.15, 0.2) is 0 Å². The average molecular weight is 779 g/mol. The van der Waals surface area contributed by atoms with Crippen LogP contribution < -0.4 is 0 Å². The summed E-state index contributed by atoms with van der Waals surface area (Å²) in [5, 5.41) is 1.28. The summed E-state index contributed by atoms with van der Waals surface area (Å²) in [6.45, 7) is 4.76. The fourth-order valence-electron chi connectivity index (χ4n) is 6.46. The van der Waals surface area contributed by atoms with Crippen molar-refractivity contribution in [2.24, 2.45) is 0 Å². The molecule has 0 aromatic heterocycles. The summed E-state index contributed by atoms with van der Waals surface area (Å²) < 4.78 is 15.2. The number of unbranched alkanes of at least 4 members (excludes halogenated alkanes) is 30. The number of nitrogens with zero attached hydrogens (tertiary/aromatic N) is 1. The summed E-state index contributed by atoms with van der Waals surface area (Å²) in [5.74, 6) is 0. The molecule has 0 N–H and O–H groups in total. The Bertz CT molecular complexity index is 647. The van der Waals surface area contributed by atoms with Crippen LogP contribution in [0.1, 0.15) is 219 Å². The van der Waals surface area contributed by atoms with Crippen molar-refractivity contribution in [2.75, 3.05) is 26.8 Å². The summed E-state index contributed by atoms with van der Waals surface area (Å²) in [5.41, 5.74) is 7.43. The van der Waals surface area contributed by atoms with Crippen molar-refractivity contribution in [1.29, 1.82) is 0 Å². The van der Waals surface area contributed by atoms with Gasteiger partial charge in [0, 0.05) is 0 Å². The summed E-state index contributed by atoms with van der Waals surface area (Å²) in [6, 6.07) is 0. The van der Waals surface area contributed by atoms with Gasteiger partial charge in [0.15, 0.2) is 0 Å². The third-order valence-corrected chi connectivity index (χ3v) is 16.8. The molecule has 0 rings (SSSR count). The molecule has 0 radical (unpaired) electrons. The minimum absolute atomic E-state index is 0.759. The molecule has 0 bridgehead atoms. The zero-order chi connectivity index (χ0) is 35.4. The van der Waals surface area contributed by atoms with Gasteiger partial charge in [0.1, 0.15) is 0 Å². The number of rotatable bonds is 40. The standard InChI is InChI=1S/C42H90AsNO2PS/c1-7-9-11-13-15-17-19-21-23-25-27-29-31-33-35-37-41-45-47(48,44(6)40-39-43(3,4)5)46-42-38-36-34-32-30-28-26-24-22-20-18-16-14-12-10-8-2/h7-42H2,1-6H3/q+1. The van der Waals surface area contributed by atoms with Crippen LogP contribution in [0.25, 0.3) is 0 Å². The van der Waals surface area contributed by atoms with Gasteiger partial charge in [-0.2, -0.15) is 0 Å². The Labute approximate surface area is 312 Å². The van der Waals surface area contributed by atoms with Gasteiger partial charge in [0.25, 0.3) is 0 Å². The van der Waals surface area contributed by atoms with Gasteiger partial charge in [0.2, 0.25) is 0 Å². The second kappa shape index (κ2) is 36.4. The molecular weight excluding hydrogens is 688 g/mol. The van der Waals surface area contributed by atoms with Gasteiger partial charge < -0.3 is 0 Å². The normalized spacial score (nSPS) is 12.5. The summed E-state index contributed by atoms with van der Waals surface area (Å²) in [7, 11) is 2.16. The van der Waals surface area contributed by atoms with Crippen molar-refractivity contribution in [2.45, 2.75) is 242 Å². The molecule has 0 aromatic carbocycles. The number of hydrogen-bond donors (Lipinski definition) is 0. The third kappa shape index (κ3) is 35.5. The molecule has 0 unspecified atom stereocenters. The topological polar surface area (TPSA) is 21.7 Å². The molecular formula is C42H90AsNO2PS+. The fourth-order valence-corrected chi connectivity index (χ4v) is 10.9. The molecule has 0 aliphatic rings. The van der Waals surface area contributed by atoms with E-state index in [9.17, 15) is 0 Å². The average Bonchev–Trinajstić information content (AvgIpc) is 3.06. The predicted octanol–water partition coefficient (Wildman–Crippen LogP) is 16.0. The Kier molecular flexibility index (Phi) is 37.3. The van der Waals surface area contributed by atoms with E-state index in [4.69, 9.17) is 20.9 Å². The molecule has 0 fully saturated rings. The van der Waals surface area contributed by atoms with E-state index in [1.807, 2.05) is 0 Å². The maximum absolute atomic E-state index is 6.45. The minimum atomic E-state index is -2.38. The van der Waals surface area contributed by atoms with E-state index < -0.39 is 20.2 Å². The molecule has 3 nitrogen and oxygen atoms in total. The van der Waals surface area contributed by atoms with Gasteiger partial charge in [-0.15, -0.1) is 0 Å². The molecule has 0 aliphatic heterocycles. The molecule has 0 saturated carbocycles. The van der Waals surface area contributed by atoms with Gasteiger partial charge in [-0.3, -0.25) is 0 Å². The molecule has 0 aromatic rings. The van der Waals surface area contributed by atoms with Crippen LogP contribution >= 0.6 is 6.64 Å².